The maximum atomic E-state index is 11.9. The van der Waals surface area contributed by atoms with E-state index in [-0.39, 0.29) is 23.6 Å². The minimum Gasteiger partial charge on any atom is -0.401 e. The van der Waals surface area contributed by atoms with Gasteiger partial charge in [0.2, 0.25) is 0 Å². The average molecular weight is 368 g/mol. The average Bonchev–Trinajstić information content (AvgIpc) is 3.29. The molecule has 0 bridgehead atoms. The summed E-state index contributed by atoms with van der Waals surface area (Å²) in [5.74, 6) is -0.277. The van der Waals surface area contributed by atoms with E-state index in [0.29, 0.717) is 11.3 Å². The van der Waals surface area contributed by atoms with Crippen LogP contribution in [0.15, 0.2) is 47.0 Å². The molecule has 1 N–H and O–H groups in total. The van der Waals surface area contributed by atoms with Crippen LogP contribution in [0.4, 0.5) is 11.7 Å². The number of hydrogen-bond acceptors (Lipinski definition) is 7. The standard InChI is InChI=1S/C17H16N6O4/c1-11(2)22-10-9-14(21-22)16-19-20-17(27-16)18-15(24)8-5-12-3-6-13(7-4-12)23(25)26/h3-11H,1-2H3,(H,18,20,24). The Kier molecular flexibility index (Phi) is 5.06. The van der Waals surface area contributed by atoms with E-state index >= 15 is 0 Å². The minimum atomic E-state index is -0.489. The molecule has 0 saturated carbocycles. The highest BCUT2D eigenvalue weighted by Gasteiger charge is 2.13. The number of nitrogens with zero attached hydrogens (tertiary/aromatic N) is 5. The van der Waals surface area contributed by atoms with Crippen LogP contribution in [0.1, 0.15) is 25.5 Å². The summed E-state index contributed by atoms with van der Waals surface area (Å²) in [6.45, 7) is 3.99. The maximum absolute atomic E-state index is 11.9. The molecular weight excluding hydrogens is 352 g/mol. The van der Waals surface area contributed by atoms with Crippen LogP contribution in [-0.2, 0) is 4.79 Å². The Balaban J connectivity index is 1.62. The summed E-state index contributed by atoms with van der Waals surface area (Å²) in [6, 6.07) is 7.69. The molecule has 0 spiro atoms. The Morgan fingerprint density at radius 3 is 2.63 bits per heavy atom. The lowest BCUT2D eigenvalue weighted by Crippen LogP contribution is -2.07. The summed E-state index contributed by atoms with van der Waals surface area (Å²) in [6.07, 6.45) is 4.58. The smallest absolute Gasteiger partial charge is 0.322 e. The molecule has 1 aromatic carbocycles. The number of non-ortho nitro benzene ring substituents is 1. The largest absolute Gasteiger partial charge is 0.401 e. The number of benzene rings is 1. The van der Waals surface area contributed by atoms with Crippen LogP contribution in [0.3, 0.4) is 0 Å². The van der Waals surface area contributed by atoms with E-state index in [4.69, 9.17) is 4.42 Å². The van der Waals surface area contributed by atoms with Gasteiger partial charge in [0.05, 0.1) is 4.92 Å². The molecule has 0 aliphatic heterocycles. The van der Waals surface area contributed by atoms with E-state index in [0.717, 1.165) is 0 Å². The van der Waals surface area contributed by atoms with Crippen molar-refractivity contribution in [2.75, 3.05) is 5.32 Å². The minimum absolute atomic E-state index is 0.0186. The molecule has 3 rings (SSSR count). The first kappa shape index (κ1) is 18.0. The lowest BCUT2D eigenvalue weighted by atomic mass is 10.2. The maximum Gasteiger partial charge on any atom is 0.322 e. The van der Waals surface area contributed by atoms with Gasteiger partial charge >= 0.3 is 6.01 Å². The topological polar surface area (TPSA) is 129 Å². The highest BCUT2D eigenvalue weighted by Crippen LogP contribution is 2.19. The molecule has 0 radical (unpaired) electrons. The molecule has 10 heteroatoms. The number of aromatic nitrogens is 4. The van der Waals surface area contributed by atoms with Crippen molar-refractivity contribution in [3.8, 4) is 11.6 Å². The van der Waals surface area contributed by atoms with Crippen molar-refractivity contribution in [2.24, 2.45) is 0 Å². The molecule has 2 aromatic heterocycles. The van der Waals surface area contributed by atoms with Gasteiger partial charge in [-0.25, -0.2) is 0 Å². The highest BCUT2D eigenvalue weighted by atomic mass is 16.6. The summed E-state index contributed by atoms with van der Waals surface area (Å²) in [5, 5.41) is 25.0. The van der Waals surface area contributed by atoms with Gasteiger partial charge in [-0.3, -0.25) is 24.9 Å². The van der Waals surface area contributed by atoms with Gasteiger partial charge in [0.1, 0.15) is 5.69 Å². The van der Waals surface area contributed by atoms with Crippen LogP contribution in [-0.4, -0.2) is 30.8 Å². The summed E-state index contributed by atoms with van der Waals surface area (Å²) in [4.78, 5) is 22.1. The zero-order valence-electron chi connectivity index (χ0n) is 14.6. The molecule has 0 saturated heterocycles. The van der Waals surface area contributed by atoms with Gasteiger partial charge in [-0.1, -0.05) is 5.10 Å². The number of hydrogen-bond donors (Lipinski definition) is 1. The molecule has 1 amide bonds. The molecular formula is C17H16N6O4. The Morgan fingerprint density at radius 1 is 1.26 bits per heavy atom. The number of carbonyl (C=O) groups excluding carboxylic acids is 1. The third kappa shape index (κ3) is 4.42. The molecule has 2 heterocycles. The van der Waals surface area contributed by atoms with E-state index in [1.54, 1.807) is 16.9 Å². The first-order chi connectivity index (χ1) is 12.9. The van der Waals surface area contributed by atoms with E-state index < -0.39 is 10.8 Å². The first-order valence-corrected chi connectivity index (χ1v) is 8.05. The van der Waals surface area contributed by atoms with Gasteiger partial charge in [0.25, 0.3) is 17.5 Å². The van der Waals surface area contributed by atoms with Gasteiger partial charge in [-0.2, -0.15) is 5.10 Å². The third-order valence-electron chi connectivity index (χ3n) is 3.54. The number of rotatable bonds is 6. The van der Waals surface area contributed by atoms with Gasteiger partial charge in [0, 0.05) is 30.4 Å². The molecule has 10 nitrogen and oxygen atoms in total. The third-order valence-corrected chi connectivity index (χ3v) is 3.54. The second kappa shape index (κ2) is 7.60. The normalized spacial score (nSPS) is 11.2. The highest BCUT2D eigenvalue weighted by molar-refractivity contribution is 6.00. The second-order valence-electron chi connectivity index (χ2n) is 5.86. The first-order valence-electron chi connectivity index (χ1n) is 8.05. The van der Waals surface area contributed by atoms with Crippen molar-refractivity contribution in [1.29, 1.82) is 0 Å². The fourth-order valence-electron chi connectivity index (χ4n) is 2.14. The van der Waals surface area contributed by atoms with E-state index in [9.17, 15) is 14.9 Å². The number of carbonyl (C=O) groups is 1. The Bertz CT molecular complexity index is 987. The number of anilines is 1. The van der Waals surface area contributed by atoms with Crippen molar-refractivity contribution in [3.05, 3.63) is 58.3 Å². The van der Waals surface area contributed by atoms with Crippen LogP contribution >= 0.6 is 0 Å². The molecule has 0 aliphatic carbocycles. The lowest BCUT2D eigenvalue weighted by molar-refractivity contribution is -0.384. The molecule has 0 aliphatic rings. The van der Waals surface area contributed by atoms with Crippen LogP contribution in [0.2, 0.25) is 0 Å². The van der Waals surface area contributed by atoms with Crippen molar-refractivity contribution >= 4 is 23.7 Å². The Morgan fingerprint density at radius 2 is 2.00 bits per heavy atom. The van der Waals surface area contributed by atoms with Gasteiger partial charge < -0.3 is 4.42 Å². The van der Waals surface area contributed by atoms with Crippen LogP contribution in [0, 0.1) is 10.1 Å². The number of amides is 1. The monoisotopic (exact) mass is 368 g/mol. The van der Waals surface area contributed by atoms with Crippen LogP contribution in [0.25, 0.3) is 17.7 Å². The van der Waals surface area contributed by atoms with Gasteiger partial charge in [-0.05, 0) is 43.7 Å². The van der Waals surface area contributed by atoms with E-state index in [1.807, 2.05) is 13.8 Å². The summed E-state index contributed by atoms with van der Waals surface area (Å²) in [5.41, 5.74) is 1.13. The summed E-state index contributed by atoms with van der Waals surface area (Å²) >= 11 is 0. The Labute approximate surface area is 153 Å². The number of nitro benzene ring substituents is 1. The molecule has 0 unspecified atom stereocenters. The van der Waals surface area contributed by atoms with Gasteiger partial charge in [-0.15, -0.1) is 5.10 Å². The number of nitro groups is 1. The van der Waals surface area contributed by atoms with Gasteiger partial charge in [0.15, 0.2) is 0 Å². The van der Waals surface area contributed by atoms with Crippen molar-refractivity contribution in [1.82, 2.24) is 20.0 Å². The molecule has 3 aromatic rings. The fraction of sp³-hybridized carbons (Fsp3) is 0.176. The fourth-order valence-corrected chi connectivity index (χ4v) is 2.14. The lowest BCUT2D eigenvalue weighted by Gasteiger charge is -2.02. The van der Waals surface area contributed by atoms with Crippen LogP contribution < -0.4 is 5.32 Å². The van der Waals surface area contributed by atoms with Crippen LogP contribution in [0.5, 0.6) is 0 Å². The predicted molar refractivity (Wildman–Crippen MR) is 96.7 cm³/mol. The van der Waals surface area contributed by atoms with Crippen molar-refractivity contribution in [3.63, 3.8) is 0 Å². The quantitative estimate of drug-likeness (QED) is 0.402. The summed E-state index contributed by atoms with van der Waals surface area (Å²) in [7, 11) is 0. The van der Waals surface area contributed by atoms with E-state index in [2.05, 4.69) is 20.6 Å². The Hall–Kier alpha value is -3.82. The zero-order valence-corrected chi connectivity index (χ0v) is 14.6. The molecule has 27 heavy (non-hydrogen) atoms. The zero-order chi connectivity index (χ0) is 19.4. The molecule has 0 atom stereocenters. The van der Waals surface area contributed by atoms with Crippen molar-refractivity contribution in [2.45, 2.75) is 19.9 Å². The summed E-state index contributed by atoms with van der Waals surface area (Å²) < 4.78 is 7.14. The molecule has 0 fully saturated rings. The predicted octanol–water partition coefficient (Wildman–Crippen LogP) is 3.07. The molecule has 138 valence electrons. The van der Waals surface area contributed by atoms with Crippen molar-refractivity contribution < 1.29 is 14.1 Å². The SMILES string of the molecule is CC(C)n1ccc(-c2nnc(NC(=O)C=Cc3ccc([N+](=O)[O-])cc3)o2)n1. The number of nitrogens with one attached hydrogen (secondary N) is 1. The second-order valence-corrected chi connectivity index (χ2v) is 5.86. The van der Waals surface area contributed by atoms with E-state index in [1.165, 1.54) is 36.4 Å².